The molecule has 14 heavy (non-hydrogen) atoms. The maximum Gasteiger partial charge on any atom is 0.165 e. The van der Waals surface area contributed by atoms with Crippen LogP contribution in [0.2, 0.25) is 0 Å². The first-order chi connectivity index (χ1) is 6.57. The number of hydrogen-bond donors (Lipinski definition) is 1. The van der Waals surface area contributed by atoms with Crippen molar-refractivity contribution in [3.05, 3.63) is 30.3 Å². The molecule has 1 aromatic carbocycles. The molecule has 0 aliphatic heterocycles. The highest BCUT2D eigenvalue weighted by Crippen LogP contribution is 2.33. The van der Waals surface area contributed by atoms with Crippen LogP contribution < -0.4 is 4.74 Å². The lowest BCUT2D eigenvalue weighted by Crippen LogP contribution is -1.95. The SMILES string of the molecule is C=C(C(C)=O)c1cccc(OC)c1O. The molecule has 0 aliphatic rings. The minimum absolute atomic E-state index is 0.0461. The van der Waals surface area contributed by atoms with Crippen molar-refractivity contribution in [1.29, 1.82) is 0 Å². The van der Waals surface area contributed by atoms with Gasteiger partial charge in [0.25, 0.3) is 0 Å². The van der Waals surface area contributed by atoms with Gasteiger partial charge < -0.3 is 9.84 Å². The fourth-order valence-corrected chi connectivity index (χ4v) is 1.12. The van der Waals surface area contributed by atoms with Crippen LogP contribution in [0.1, 0.15) is 12.5 Å². The number of hydrogen-bond acceptors (Lipinski definition) is 3. The van der Waals surface area contributed by atoms with Gasteiger partial charge in [0.15, 0.2) is 17.3 Å². The average Bonchev–Trinajstić information content (AvgIpc) is 2.17. The summed E-state index contributed by atoms with van der Waals surface area (Å²) in [5.74, 6) is 0.119. The minimum atomic E-state index is -0.173. The second-order valence-corrected chi connectivity index (χ2v) is 2.89. The Morgan fingerprint density at radius 2 is 2.14 bits per heavy atom. The van der Waals surface area contributed by atoms with Crippen LogP contribution in [0.4, 0.5) is 0 Å². The quantitative estimate of drug-likeness (QED) is 0.745. The molecule has 0 heterocycles. The molecule has 0 saturated heterocycles. The summed E-state index contributed by atoms with van der Waals surface area (Å²) in [4.78, 5) is 11.0. The van der Waals surface area contributed by atoms with Crippen LogP contribution in [0.15, 0.2) is 24.8 Å². The maximum absolute atomic E-state index is 11.0. The highest BCUT2D eigenvalue weighted by Gasteiger charge is 2.12. The molecule has 3 heteroatoms. The first kappa shape index (κ1) is 10.3. The zero-order valence-electron chi connectivity index (χ0n) is 8.20. The van der Waals surface area contributed by atoms with E-state index < -0.39 is 0 Å². The first-order valence-electron chi connectivity index (χ1n) is 4.14. The summed E-state index contributed by atoms with van der Waals surface area (Å²) in [7, 11) is 1.45. The Hall–Kier alpha value is -1.77. The lowest BCUT2D eigenvalue weighted by atomic mass is 10.0. The van der Waals surface area contributed by atoms with Gasteiger partial charge in [-0.1, -0.05) is 18.7 Å². The molecule has 0 spiro atoms. The van der Waals surface area contributed by atoms with Gasteiger partial charge in [-0.05, 0) is 13.0 Å². The molecule has 0 bridgehead atoms. The molecular weight excluding hydrogens is 180 g/mol. The third-order valence-corrected chi connectivity index (χ3v) is 1.97. The van der Waals surface area contributed by atoms with Crippen molar-refractivity contribution in [2.45, 2.75) is 6.92 Å². The number of phenolic OH excluding ortho intramolecular Hbond substituents is 1. The van der Waals surface area contributed by atoms with Crippen LogP contribution in [0.3, 0.4) is 0 Å². The number of benzene rings is 1. The Kier molecular flexibility index (Phi) is 2.92. The molecule has 0 amide bonds. The molecule has 0 aliphatic carbocycles. The van der Waals surface area contributed by atoms with Gasteiger partial charge >= 0.3 is 0 Å². The average molecular weight is 192 g/mol. The Labute approximate surface area is 82.6 Å². The number of methoxy groups -OCH3 is 1. The number of carbonyl (C=O) groups excluding carboxylic acids is 1. The Morgan fingerprint density at radius 3 is 2.64 bits per heavy atom. The molecule has 1 N–H and O–H groups in total. The maximum atomic E-state index is 11.0. The smallest absolute Gasteiger partial charge is 0.165 e. The third-order valence-electron chi connectivity index (χ3n) is 1.97. The number of ether oxygens (including phenoxy) is 1. The van der Waals surface area contributed by atoms with Crippen LogP contribution in [0, 0.1) is 0 Å². The molecule has 0 aromatic heterocycles. The van der Waals surface area contributed by atoms with Crippen LogP contribution in [-0.2, 0) is 4.79 Å². The first-order valence-corrected chi connectivity index (χ1v) is 4.14. The third kappa shape index (κ3) is 1.76. The van der Waals surface area contributed by atoms with Crippen molar-refractivity contribution in [2.24, 2.45) is 0 Å². The van der Waals surface area contributed by atoms with Crippen LogP contribution in [-0.4, -0.2) is 18.0 Å². The number of phenols is 1. The summed E-state index contributed by atoms with van der Waals surface area (Å²) < 4.78 is 4.91. The topological polar surface area (TPSA) is 46.5 Å². The standard InChI is InChI=1S/C11H12O3/c1-7(8(2)12)9-5-4-6-10(14-3)11(9)13/h4-6,13H,1H2,2-3H3. The van der Waals surface area contributed by atoms with E-state index in [-0.39, 0.29) is 17.1 Å². The number of ketones is 1. The molecule has 0 unspecified atom stereocenters. The van der Waals surface area contributed by atoms with E-state index >= 15 is 0 Å². The lowest BCUT2D eigenvalue weighted by molar-refractivity contribution is -0.111. The minimum Gasteiger partial charge on any atom is -0.504 e. The van der Waals surface area contributed by atoms with E-state index in [1.54, 1.807) is 18.2 Å². The second-order valence-electron chi connectivity index (χ2n) is 2.89. The van der Waals surface area contributed by atoms with Gasteiger partial charge in [-0.2, -0.15) is 0 Å². The Morgan fingerprint density at radius 1 is 1.50 bits per heavy atom. The zero-order chi connectivity index (χ0) is 10.7. The summed E-state index contributed by atoms with van der Waals surface area (Å²) in [5, 5.41) is 9.67. The number of rotatable bonds is 3. The fraction of sp³-hybridized carbons (Fsp3) is 0.182. The highest BCUT2D eigenvalue weighted by atomic mass is 16.5. The van der Waals surface area contributed by atoms with Gasteiger partial charge in [0.2, 0.25) is 0 Å². The van der Waals surface area contributed by atoms with Crippen LogP contribution in [0.25, 0.3) is 5.57 Å². The molecule has 74 valence electrons. The van der Waals surface area contributed by atoms with Gasteiger partial charge in [-0.25, -0.2) is 0 Å². The summed E-state index contributed by atoms with van der Waals surface area (Å²) in [6.45, 7) is 5.00. The van der Waals surface area contributed by atoms with Crippen molar-refractivity contribution in [1.82, 2.24) is 0 Å². The second kappa shape index (κ2) is 3.96. The van der Waals surface area contributed by atoms with Crippen molar-refractivity contribution >= 4 is 11.4 Å². The molecule has 0 saturated carbocycles. The Balaban J connectivity index is 3.22. The summed E-state index contributed by atoms with van der Waals surface area (Å²) in [5.41, 5.74) is 0.693. The molecule has 1 rings (SSSR count). The van der Waals surface area contributed by atoms with Crippen molar-refractivity contribution in [3.8, 4) is 11.5 Å². The zero-order valence-corrected chi connectivity index (χ0v) is 8.20. The van der Waals surface area contributed by atoms with Gasteiger partial charge in [0.1, 0.15) is 0 Å². The van der Waals surface area contributed by atoms with E-state index in [1.807, 2.05) is 0 Å². The molecule has 0 radical (unpaired) electrons. The van der Waals surface area contributed by atoms with Gasteiger partial charge in [0.05, 0.1) is 7.11 Å². The predicted molar refractivity (Wildman–Crippen MR) is 54.4 cm³/mol. The van der Waals surface area contributed by atoms with E-state index in [1.165, 1.54) is 14.0 Å². The van der Waals surface area contributed by atoms with E-state index in [0.29, 0.717) is 11.3 Å². The molecule has 0 atom stereocenters. The number of Topliss-reactive ketones (excluding diaryl/α,β-unsaturated/α-hetero) is 1. The molecule has 3 nitrogen and oxygen atoms in total. The van der Waals surface area contributed by atoms with Crippen LogP contribution in [0.5, 0.6) is 11.5 Å². The van der Waals surface area contributed by atoms with Crippen molar-refractivity contribution < 1.29 is 14.6 Å². The molecule has 1 aromatic rings. The Bertz CT molecular complexity index is 380. The van der Waals surface area contributed by atoms with Crippen molar-refractivity contribution in [3.63, 3.8) is 0 Å². The summed E-state index contributed by atoms with van der Waals surface area (Å²) in [6, 6.07) is 4.94. The number of aromatic hydroxyl groups is 1. The van der Waals surface area contributed by atoms with E-state index in [4.69, 9.17) is 4.74 Å². The summed E-state index contributed by atoms with van der Waals surface area (Å²) >= 11 is 0. The van der Waals surface area contributed by atoms with E-state index in [9.17, 15) is 9.90 Å². The van der Waals surface area contributed by atoms with E-state index in [0.717, 1.165) is 0 Å². The fourth-order valence-electron chi connectivity index (χ4n) is 1.12. The highest BCUT2D eigenvalue weighted by molar-refractivity contribution is 6.19. The lowest BCUT2D eigenvalue weighted by Gasteiger charge is -2.08. The monoisotopic (exact) mass is 192 g/mol. The molecule has 0 fully saturated rings. The van der Waals surface area contributed by atoms with Gasteiger partial charge in [0, 0.05) is 11.1 Å². The predicted octanol–water partition coefficient (Wildman–Crippen LogP) is 2.00. The van der Waals surface area contributed by atoms with Gasteiger partial charge in [-0.15, -0.1) is 0 Å². The van der Waals surface area contributed by atoms with Crippen molar-refractivity contribution in [2.75, 3.05) is 7.11 Å². The normalized spacial score (nSPS) is 9.57. The number of carbonyl (C=O) groups is 1. The summed E-state index contributed by atoms with van der Waals surface area (Å²) in [6.07, 6.45) is 0. The largest absolute Gasteiger partial charge is 0.504 e. The van der Waals surface area contributed by atoms with Gasteiger partial charge in [-0.3, -0.25) is 4.79 Å². The number of allylic oxidation sites excluding steroid dienone is 1. The van der Waals surface area contributed by atoms with E-state index in [2.05, 4.69) is 6.58 Å². The van der Waals surface area contributed by atoms with Crippen LogP contribution >= 0.6 is 0 Å². The molecular formula is C11H12O3. The number of para-hydroxylation sites is 1.